The monoisotopic (exact) mass is 376 g/mol. The van der Waals surface area contributed by atoms with Crippen molar-refractivity contribution in [3.63, 3.8) is 0 Å². The summed E-state index contributed by atoms with van der Waals surface area (Å²) >= 11 is 0. The van der Waals surface area contributed by atoms with Crippen LogP contribution in [0.2, 0.25) is 0 Å². The van der Waals surface area contributed by atoms with Crippen molar-refractivity contribution in [2.24, 2.45) is 0 Å². The number of carbonyl (C=O) groups excluding carboxylic acids is 3. The number of ether oxygens (including phenoxy) is 2. The number of alkyl carbamates (subject to hydrolysis) is 1. The van der Waals surface area contributed by atoms with Gasteiger partial charge in [0.25, 0.3) is 0 Å². The third-order valence-corrected chi connectivity index (χ3v) is 4.05. The topological polar surface area (TPSA) is 84.9 Å². The maximum Gasteiger partial charge on any atom is 0.407 e. The second-order valence-corrected chi connectivity index (χ2v) is 7.62. The molecule has 1 saturated heterocycles. The van der Waals surface area contributed by atoms with E-state index in [0.717, 1.165) is 5.56 Å². The van der Waals surface area contributed by atoms with Crippen LogP contribution in [0.25, 0.3) is 0 Å². The molecule has 0 radical (unpaired) electrons. The van der Waals surface area contributed by atoms with E-state index in [1.807, 2.05) is 30.3 Å². The molecule has 1 heterocycles. The number of carbonyl (C=O) groups is 3. The molecule has 0 bridgehead atoms. The largest absolute Gasteiger partial charge is 0.461 e. The molecule has 7 nitrogen and oxygen atoms in total. The van der Waals surface area contributed by atoms with Crippen molar-refractivity contribution >= 4 is 18.0 Å². The molecule has 2 amide bonds. The number of benzene rings is 1. The molecule has 0 aliphatic carbocycles. The summed E-state index contributed by atoms with van der Waals surface area (Å²) in [4.78, 5) is 37.5. The molecule has 0 aromatic heterocycles. The smallest absolute Gasteiger partial charge is 0.407 e. The van der Waals surface area contributed by atoms with Crippen LogP contribution in [-0.2, 0) is 25.7 Å². The molecule has 1 N–H and O–H groups in total. The lowest BCUT2D eigenvalue weighted by Crippen LogP contribution is -2.41. The fourth-order valence-electron chi connectivity index (χ4n) is 2.76. The number of nitrogens with zero attached hydrogens (tertiary/aromatic N) is 1. The van der Waals surface area contributed by atoms with Crippen LogP contribution in [-0.4, -0.2) is 47.6 Å². The highest BCUT2D eigenvalue weighted by Crippen LogP contribution is 2.13. The fourth-order valence-corrected chi connectivity index (χ4v) is 2.76. The van der Waals surface area contributed by atoms with Crippen molar-refractivity contribution in [2.45, 2.75) is 58.3 Å². The average molecular weight is 376 g/mol. The van der Waals surface area contributed by atoms with Crippen LogP contribution in [0.15, 0.2) is 30.3 Å². The summed E-state index contributed by atoms with van der Waals surface area (Å²) in [5, 5.41) is 2.78. The number of nitrogens with one attached hydrogen (secondary N) is 1. The van der Waals surface area contributed by atoms with Crippen LogP contribution < -0.4 is 5.32 Å². The highest BCUT2D eigenvalue weighted by Gasteiger charge is 2.28. The predicted molar refractivity (Wildman–Crippen MR) is 99.8 cm³/mol. The molecule has 0 spiro atoms. The molecular weight excluding hydrogens is 348 g/mol. The summed E-state index contributed by atoms with van der Waals surface area (Å²) in [7, 11) is 0. The lowest BCUT2D eigenvalue weighted by Gasteiger charge is -2.22. The minimum atomic E-state index is -0.557. The van der Waals surface area contributed by atoms with Gasteiger partial charge in [-0.05, 0) is 32.8 Å². The first-order chi connectivity index (χ1) is 12.7. The Hall–Kier alpha value is -2.57. The van der Waals surface area contributed by atoms with E-state index in [2.05, 4.69) is 5.32 Å². The maximum atomic E-state index is 12.3. The Morgan fingerprint density at radius 1 is 1.15 bits per heavy atom. The Morgan fingerprint density at radius 2 is 1.85 bits per heavy atom. The minimum Gasteiger partial charge on any atom is -0.461 e. The van der Waals surface area contributed by atoms with Gasteiger partial charge >= 0.3 is 12.1 Å². The number of hydrogen-bond acceptors (Lipinski definition) is 5. The summed E-state index contributed by atoms with van der Waals surface area (Å²) in [6, 6.07) is 9.27. The molecule has 1 aromatic rings. The van der Waals surface area contributed by atoms with E-state index >= 15 is 0 Å². The van der Waals surface area contributed by atoms with Gasteiger partial charge in [-0.3, -0.25) is 9.59 Å². The lowest BCUT2D eigenvalue weighted by atomic mass is 10.2. The van der Waals surface area contributed by atoms with E-state index in [1.165, 1.54) is 0 Å². The Balaban J connectivity index is 1.66. The van der Waals surface area contributed by atoms with Crippen molar-refractivity contribution in [2.75, 3.05) is 13.1 Å². The first-order valence-corrected chi connectivity index (χ1v) is 9.20. The summed E-state index contributed by atoms with van der Waals surface area (Å²) in [6.07, 6.45) is 0.342. The van der Waals surface area contributed by atoms with Crippen molar-refractivity contribution in [3.05, 3.63) is 35.9 Å². The predicted octanol–water partition coefficient (Wildman–Crippen LogP) is 2.64. The van der Waals surface area contributed by atoms with Gasteiger partial charge in [0.05, 0.1) is 12.5 Å². The van der Waals surface area contributed by atoms with E-state index in [9.17, 15) is 14.4 Å². The van der Waals surface area contributed by atoms with Gasteiger partial charge in [0.2, 0.25) is 5.91 Å². The van der Waals surface area contributed by atoms with Gasteiger partial charge in [-0.25, -0.2) is 4.79 Å². The third kappa shape index (κ3) is 7.68. The SMILES string of the molecule is CC(C)(C)OC(=O)N[C@H]1CCN(C(=O)CCC(=O)OCc2ccccc2)C1. The zero-order valence-corrected chi connectivity index (χ0v) is 16.2. The first kappa shape index (κ1) is 20.7. The molecular formula is C20H28N2O5. The summed E-state index contributed by atoms with van der Waals surface area (Å²) in [5.74, 6) is -0.505. The maximum absolute atomic E-state index is 12.3. The lowest BCUT2D eigenvalue weighted by molar-refractivity contribution is -0.147. The van der Waals surface area contributed by atoms with E-state index in [4.69, 9.17) is 9.47 Å². The molecule has 1 aliphatic heterocycles. The summed E-state index contributed by atoms with van der Waals surface area (Å²) in [6.45, 7) is 6.59. The van der Waals surface area contributed by atoms with Gasteiger partial charge in [0.1, 0.15) is 12.2 Å². The molecule has 1 aliphatic rings. The Bertz CT molecular complexity index is 654. The number of amides is 2. The number of esters is 1. The normalized spacial score (nSPS) is 16.7. The average Bonchev–Trinajstić information content (AvgIpc) is 3.05. The van der Waals surface area contributed by atoms with Crippen LogP contribution in [0, 0.1) is 0 Å². The van der Waals surface area contributed by atoms with Crippen LogP contribution in [0.4, 0.5) is 4.79 Å². The quantitative estimate of drug-likeness (QED) is 0.772. The summed E-state index contributed by atoms with van der Waals surface area (Å²) in [5.41, 5.74) is 0.353. The number of rotatable bonds is 6. The number of likely N-dealkylation sites (tertiary alicyclic amines) is 1. The second-order valence-electron chi connectivity index (χ2n) is 7.62. The van der Waals surface area contributed by atoms with Gasteiger partial charge in [0, 0.05) is 19.5 Å². The van der Waals surface area contributed by atoms with Crippen LogP contribution in [0.3, 0.4) is 0 Å². The van der Waals surface area contributed by atoms with Crippen LogP contribution >= 0.6 is 0 Å². The highest BCUT2D eigenvalue weighted by atomic mass is 16.6. The van der Waals surface area contributed by atoms with Crippen molar-refractivity contribution in [1.82, 2.24) is 10.2 Å². The van der Waals surface area contributed by atoms with Gasteiger partial charge in [0.15, 0.2) is 0 Å². The van der Waals surface area contributed by atoms with Crippen LogP contribution in [0.1, 0.15) is 45.6 Å². The minimum absolute atomic E-state index is 0.0479. The van der Waals surface area contributed by atoms with Crippen molar-refractivity contribution < 1.29 is 23.9 Å². The van der Waals surface area contributed by atoms with Gasteiger partial charge in [-0.1, -0.05) is 30.3 Å². The van der Waals surface area contributed by atoms with Gasteiger partial charge in [-0.2, -0.15) is 0 Å². The molecule has 1 atom stereocenters. The van der Waals surface area contributed by atoms with Gasteiger partial charge < -0.3 is 19.7 Å². The zero-order chi connectivity index (χ0) is 19.9. The highest BCUT2D eigenvalue weighted by molar-refractivity contribution is 5.81. The van der Waals surface area contributed by atoms with E-state index in [0.29, 0.717) is 19.5 Å². The number of hydrogen-bond donors (Lipinski definition) is 1. The molecule has 1 aromatic carbocycles. The van der Waals surface area contributed by atoms with Crippen LogP contribution in [0.5, 0.6) is 0 Å². The third-order valence-electron chi connectivity index (χ3n) is 4.05. The van der Waals surface area contributed by atoms with Crippen molar-refractivity contribution in [1.29, 1.82) is 0 Å². The molecule has 1 fully saturated rings. The Kier molecular flexibility index (Phi) is 7.21. The molecule has 0 saturated carbocycles. The Morgan fingerprint density at radius 3 is 2.52 bits per heavy atom. The first-order valence-electron chi connectivity index (χ1n) is 9.20. The van der Waals surface area contributed by atoms with Gasteiger partial charge in [-0.15, -0.1) is 0 Å². The van der Waals surface area contributed by atoms with Crippen molar-refractivity contribution in [3.8, 4) is 0 Å². The molecule has 27 heavy (non-hydrogen) atoms. The van der Waals surface area contributed by atoms with E-state index < -0.39 is 17.7 Å². The molecule has 7 heteroatoms. The van der Waals surface area contributed by atoms with E-state index in [-0.39, 0.29) is 31.4 Å². The molecule has 2 rings (SSSR count). The molecule has 0 unspecified atom stereocenters. The second kappa shape index (κ2) is 9.39. The van der Waals surface area contributed by atoms with E-state index in [1.54, 1.807) is 25.7 Å². The standard InChI is InChI=1S/C20H28N2O5/c1-20(2,3)27-19(25)21-16-11-12-22(13-16)17(23)9-10-18(24)26-14-15-7-5-4-6-8-15/h4-8,16H,9-14H2,1-3H3,(H,21,25)/t16-/m0/s1. The summed E-state index contributed by atoms with van der Waals surface area (Å²) < 4.78 is 10.4. The zero-order valence-electron chi connectivity index (χ0n) is 16.2. The fraction of sp³-hybridized carbons (Fsp3) is 0.550. The Labute approximate surface area is 160 Å². The molecule has 148 valence electrons.